The van der Waals surface area contributed by atoms with Crippen LogP contribution < -0.4 is 0 Å². The number of morpholine rings is 1. The molecule has 1 aliphatic rings. The topological polar surface area (TPSA) is 95.5 Å². The van der Waals surface area contributed by atoms with Crippen LogP contribution in [0.1, 0.15) is 18.9 Å². The molecule has 2 rings (SSSR count). The minimum atomic E-state index is -3.63. The molecule has 2 heterocycles. The lowest BCUT2D eigenvalue weighted by atomic mass is 10.2. The van der Waals surface area contributed by atoms with Crippen LogP contribution in [0, 0.1) is 0 Å². The van der Waals surface area contributed by atoms with Gasteiger partial charge in [-0.2, -0.15) is 9.40 Å². The van der Waals surface area contributed by atoms with E-state index in [9.17, 15) is 8.42 Å². The fourth-order valence-electron chi connectivity index (χ4n) is 1.92. The lowest BCUT2D eigenvalue weighted by Gasteiger charge is -2.31. The van der Waals surface area contributed by atoms with Crippen LogP contribution in [0.15, 0.2) is 11.2 Å². The van der Waals surface area contributed by atoms with E-state index in [1.807, 2.05) is 6.92 Å². The van der Waals surface area contributed by atoms with Gasteiger partial charge in [0.25, 0.3) is 10.0 Å². The Kier molecular flexibility index (Phi) is 4.00. The molecule has 1 aliphatic heterocycles. The lowest BCUT2D eigenvalue weighted by Crippen LogP contribution is -2.45. The first-order chi connectivity index (χ1) is 8.59. The van der Waals surface area contributed by atoms with Crippen molar-refractivity contribution in [3.63, 3.8) is 0 Å². The van der Waals surface area contributed by atoms with Crippen LogP contribution in [0.4, 0.5) is 0 Å². The summed E-state index contributed by atoms with van der Waals surface area (Å²) < 4.78 is 31.6. The summed E-state index contributed by atoms with van der Waals surface area (Å²) in [5.74, 6) is 0. The highest BCUT2D eigenvalue weighted by atomic mass is 32.2. The van der Waals surface area contributed by atoms with Gasteiger partial charge in [-0.25, -0.2) is 8.42 Å². The zero-order valence-electron chi connectivity index (χ0n) is 10.2. The first-order valence-corrected chi connectivity index (χ1v) is 7.28. The third kappa shape index (κ3) is 2.41. The number of aliphatic hydroxyl groups is 1. The number of aliphatic hydroxyl groups excluding tert-OH is 1. The maximum atomic E-state index is 12.4. The van der Waals surface area contributed by atoms with Gasteiger partial charge < -0.3 is 9.84 Å². The van der Waals surface area contributed by atoms with Crippen molar-refractivity contribution < 1.29 is 18.3 Å². The van der Waals surface area contributed by atoms with Gasteiger partial charge in [0.2, 0.25) is 0 Å². The standard InChI is InChI=1S/C10H17N3O4S/c1-2-9-6-13(3-4-17-9)18(15,16)10-8(7-14)5-11-12-10/h5,9,14H,2-4,6-7H2,1H3,(H,11,12). The van der Waals surface area contributed by atoms with Gasteiger partial charge in [-0.15, -0.1) is 0 Å². The second-order valence-corrected chi connectivity index (χ2v) is 6.02. The number of hydrogen-bond donors (Lipinski definition) is 2. The largest absolute Gasteiger partial charge is 0.392 e. The summed E-state index contributed by atoms with van der Waals surface area (Å²) in [4.78, 5) is 0. The Morgan fingerprint density at radius 1 is 1.67 bits per heavy atom. The summed E-state index contributed by atoms with van der Waals surface area (Å²) in [6, 6.07) is 0. The molecule has 1 aromatic rings. The van der Waals surface area contributed by atoms with Crippen LogP contribution in [0.5, 0.6) is 0 Å². The van der Waals surface area contributed by atoms with Crippen LogP contribution in [0.3, 0.4) is 0 Å². The monoisotopic (exact) mass is 275 g/mol. The van der Waals surface area contributed by atoms with Gasteiger partial charge in [0.15, 0.2) is 5.03 Å². The van der Waals surface area contributed by atoms with Crippen molar-refractivity contribution >= 4 is 10.0 Å². The summed E-state index contributed by atoms with van der Waals surface area (Å²) in [5.41, 5.74) is 0.287. The van der Waals surface area contributed by atoms with E-state index >= 15 is 0 Å². The number of hydrogen-bond acceptors (Lipinski definition) is 5. The van der Waals surface area contributed by atoms with Crippen LogP contribution in [-0.4, -0.2) is 53.8 Å². The average Bonchev–Trinajstić information content (AvgIpc) is 2.88. The SMILES string of the molecule is CCC1CN(S(=O)(=O)c2[nH]ncc2CO)CCO1. The number of aromatic amines is 1. The van der Waals surface area contributed by atoms with Crippen molar-refractivity contribution in [3.8, 4) is 0 Å². The van der Waals surface area contributed by atoms with E-state index in [1.54, 1.807) is 0 Å². The Labute approximate surface area is 106 Å². The third-order valence-corrected chi connectivity index (χ3v) is 4.88. The van der Waals surface area contributed by atoms with E-state index in [0.717, 1.165) is 6.42 Å². The molecule has 1 aromatic heterocycles. The predicted molar refractivity (Wildman–Crippen MR) is 63.3 cm³/mol. The highest BCUT2D eigenvalue weighted by Gasteiger charge is 2.32. The van der Waals surface area contributed by atoms with Gasteiger partial charge in [0, 0.05) is 18.7 Å². The minimum Gasteiger partial charge on any atom is -0.392 e. The van der Waals surface area contributed by atoms with Crippen LogP contribution >= 0.6 is 0 Å². The Balaban J connectivity index is 2.25. The second-order valence-electron chi connectivity index (χ2n) is 4.15. The highest BCUT2D eigenvalue weighted by Crippen LogP contribution is 2.20. The average molecular weight is 275 g/mol. The van der Waals surface area contributed by atoms with Crippen LogP contribution in [-0.2, 0) is 21.4 Å². The summed E-state index contributed by atoms with van der Waals surface area (Å²) >= 11 is 0. The van der Waals surface area contributed by atoms with Crippen LogP contribution in [0.2, 0.25) is 0 Å². The Hall–Kier alpha value is -0.960. The molecule has 2 N–H and O–H groups in total. The first-order valence-electron chi connectivity index (χ1n) is 5.84. The van der Waals surface area contributed by atoms with E-state index in [-0.39, 0.29) is 23.3 Å². The molecule has 0 aliphatic carbocycles. The van der Waals surface area contributed by atoms with Gasteiger partial charge >= 0.3 is 0 Å². The van der Waals surface area contributed by atoms with Gasteiger partial charge in [-0.3, -0.25) is 5.10 Å². The smallest absolute Gasteiger partial charge is 0.260 e. The van der Waals surface area contributed by atoms with E-state index in [2.05, 4.69) is 10.2 Å². The van der Waals surface area contributed by atoms with Gasteiger partial charge in [0.1, 0.15) is 0 Å². The maximum Gasteiger partial charge on any atom is 0.260 e. The van der Waals surface area contributed by atoms with E-state index in [0.29, 0.717) is 19.7 Å². The number of rotatable bonds is 4. The number of sulfonamides is 1. The number of ether oxygens (including phenoxy) is 1. The molecular formula is C10H17N3O4S. The summed E-state index contributed by atoms with van der Waals surface area (Å²) in [6.07, 6.45) is 2.01. The molecule has 18 heavy (non-hydrogen) atoms. The zero-order valence-corrected chi connectivity index (χ0v) is 11.0. The molecule has 0 aromatic carbocycles. The van der Waals surface area contributed by atoms with Gasteiger partial charge in [-0.1, -0.05) is 6.92 Å². The molecule has 1 fully saturated rings. The van der Waals surface area contributed by atoms with Gasteiger partial charge in [-0.05, 0) is 6.42 Å². The van der Waals surface area contributed by atoms with Crippen molar-refractivity contribution in [2.75, 3.05) is 19.7 Å². The summed E-state index contributed by atoms with van der Waals surface area (Å²) in [5, 5.41) is 15.2. The molecule has 0 saturated carbocycles. The summed E-state index contributed by atoms with van der Waals surface area (Å²) in [7, 11) is -3.63. The fourth-order valence-corrected chi connectivity index (χ4v) is 3.47. The van der Waals surface area contributed by atoms with Crippen LogP contribution in [0.25, 0.3) is 0 Å². The van der Waals surface area contributed by atoms with Crippen molar-refractivity contribution in [1.29, 1.82) is 0 Å². The first kappa shape index (κ1) is 13.5. The third-order valence-electron chi connectivity index (χ3n) is 3.00. The van der Waals surface area contributed by atoms with Crippen molar-refractivity contribution in [2.45, 2.75) is 31.1 Å². The summed E-state index contributed by atoms with van der Waals surface area (Å²) in [6.45, 7) is 2.65. The molecule has 8 heteroatoms. The molecule has 0 spiro atoms. The quantitative estimate of drug-likeness (QED) is 0.786. The molecule has 0 radical (unpaired) electrons. The Morgan fingerprint density at radius 3 is 3.11 bits per heavy atom. The highest BCUT2D eigenvalue weighted by molar-refractivity contribution is 7.89. The number of aromatic nitrogens is 2. The van der Waals surface area contributed by atoms with Gasteiger partial charge in [0.05, 0.1) is 25.5 Å². The van der Waals surface area contributed by atoms with E-state index in [4.69, 9.17) is 9.84 Å². The molecule has 0 bridgehead atoms. The van der Waals surface area contributed by atoms with E-state index in [1.165, 1.54) is 10.5 Å². The molecule has 1 unspecified atom stereocenters. The number of nitrogens with zero attached hydrogens (tertiary/aromatic N) is 2. The number of H-pyrrole nitrogens is 1. The zero-order chi connectivity index (χ0) is 13.2. The lowest BCUT2D eigenvalue weighted by molar-refractivity contribution is -0.00287. The van der Waals surface area contributed by atoms with E-state index < -0.39 is 10.0 Å². The van der Waals surface area contributed by atoms with Crippen molar-refractivity contribution in [1.82, 2.24) is 14.5 Å². The second kappa shape index (κ2) is 5.35. The predicted octanol–water partition coefficient (Wildman–Crippen LogP) is -0.298. The van der Waals surface area contributed by atoms with Crippen molar-refractivity contribution in [2.24, 2.45) is 0 Å². The Bertz CT molecular complexity index is 499. The minimum absolute atomic E-state index is 0.0262. The van der Waals surface area contributed by atoms with Crippen molar-refractivity contribution in [3.05, 3.63) is 11.8 Å². The molecule has 0 amide bonds. The molecule has 102 valence electrons. The number of nitrogens with one attached hydrogen (secondary N) is 1. The Morgan fingerprint density at radius 2 is 2.44 bits per heavy atom. The molecule has 7 nitrogen and oxygen atoms in total. The molecule has 1 saturated heterocycles. The maximum absolute atomic E-state index is 12.4. The molecular weight excluding hydrogens is 258 g/mol. The normalized spacial score (nSPS) is 22.2. The fraction of sp³-hybridized carbons (Fsp3) is 0.700. The molecule has 1 atom stereocenters.